The molecule has 1 N–H and O–H groups in total. The second-order valence-corrected chi connectivity index (χ2v) is 8.17. The second kappa shape index (κ2) is 10.5. The van der Waals surface area contributed by atoms with Crippen LogP contribution in [0.1, 0.15) is 19.4 Å². The molecule has 1 atom stereocenters. The molecular formula is C26H25ClN2O5. The van der Waals surface area contributed by atoms with Crippen molar-refractivity contribution < 1.29 is 23.8 Å². The molecule has 0 bridgehead atoms. The van der Waals surface area contributed by atoms with Crippen molar-refractivity contribution in [1.82, 2.24) is 0 Å². The van der Waals surface area contributed by atoms with Gasteiger partial charge in [0.15, 0.2) is 12.7 Å². The van der Waals surface area contributed by atoms with E-state index in [4.69, 9.17) is 25.8 Å². The van der Waals surface area contributed by atoms with Crippen molar-refractivity contribution in [2.24, 2.45) is 0 Å². The summed E-state index contributed by atoms with van der Waals surface area (Å²) in [6, 6.07) is 19.6. The maximum absolute atomic E-state index is 12.9. The number of halogens is 1. The van der Waals surface area contributed by atoms with Crippen LogP contribution >= 0.6 is 11.6 Å². The van der Waals surface area contributed by atoms with Crippen molar-refractivity contribution >= 4 is 34.8 Å². The maximum atomic E-state index is 12.9. The van der Waals surface area contributed by atoms with Gasteiger partial charge in [0.2, 0.25) is 0 Å². The van der Waals surface area contributed by atoms with Gasteiger partial charge in [-0.1, -0.05) is 23.7 Å². The van der Waals surface area contributed by atoms with Gasteiger partial charge in [-0.25, -0.2) is 0 Å². The molecule has 1 aliphatic rings. The molecule has 1 heterocycles. The van der Waals surface area contributed by atoms with Crippen molar-refractivity contribution in [3.8, 4) is 17.2 Å². The Morgan fingerprint density at radius 1 is 1.03 bits per heavy atom. The molecule has 0 aliphatic carbocycles. The van der Waals surface area contributed by atoms with Gasteiger partial charge in [-0.15, -0.1) is 0 Å². The van der Waals surface area contributed by atoms with Crippen LogP contribution in [0.5, 0.6) is 17.2 Å². The highest BCUT2D eigenvalue weighted by molar-refractivity contribution is 6.30. The van der Waals surface area contributed by atoms with E-state index in [9.17, 15) is 9.59 Å². The maximum Gasteiger partial charge on any atom is 0.268 e. The lowest BCUT2D eigenvalue weighted by Gasteiger charge is -2.33. The Bertz CT molecular complexity index is 1160. The number of anilines is 2. The highest BCUT2D eigenvalue weighted by Gasteiger charge is 2.31. The minimum absolute atomic E-state index is 0.161. The Kier molecular flexibility index (Phi) is 7.23. The first-order chi connectivity index (χ1) is 16.4. The minimum Gasteiger partial charge on any atom is -0.494 e. The van der Waals surface area contributed by atoms with Crippen LogP contribution in [0.15, 0.2) is 66.7 Å². The summed E-state index contributed by atoms with van der Waals surface area (Å²) in [4.78, 5) is 27.0. The van der Waals surface area contributed by atoms with Gasteiger partial charge in [0.1, 0.15) is 17.2 Å². The van der Waals surface area contributed by atoms with Crippen LogP contribution in [0, 0.1) is 0 Å². The smallest absolute Gasteiger partial charge is 0.268 e. The summed E-state index contributed by atoms with van der Waals surface area (Å²) >= 11 is 5.98. The zero-order valence-electron chi connectivity index (χ0n) is 18.9. The van der Waals surface area contributed by atoms with Crippen molar-refractivity contribution in [1.29, 1.82) is 0 Å². The number of carbonyl (C=O) groups excluding carboxylic acids is 2. The normalized spacial score (nSPS) is 14.7. The predicted molar refractivity (Wildman–Crippen MR) is 131 cm³/mol. The summed E-state index contributed by atoms with van der Waals surface area (Å²) in [6.07, 6.45) is -0.609. The fraction of sp³-hybridized carbons (Fsp3) is 0.231. The van der Waals surface area contributed by atoms with Gasteiger partial charge in [0.25, 0.3) is 11.8 Å². The number of ether oxygens (including phenoxy) is 3. The summed E-state index contributed by atoms with van der Waals surface area (Å²) in [5.41, 5.74) is 2.05. The van der Waals surface area contributed by atoms with Crippen molar-refractivity contribution in [3.63, 3.8) is 0 Å². The first-order valence-electron chi connectivity index (χ1n) is 10.9. The summed E-state index contributed by atoms with van der Waals surface area (Å²) in [6.45, 7) is 4.40. The van der Waals surface area contributed by atoms with E-state index in [1.165, 1.54) is 0 Å². The molecule has 3 aromatic carbocycles. The lowest BCUT2D eigenvalue weighted by atomic mass is 10.1. The van der Waals surface area contributed by atoms with E-state index in [1.807, 2.05) is 19.1 Å². The van der Waals surface area contributed by atoms with E-state index >= 15 is 0 Å². The van der Waals surface area contributed by atoms with Crippen LogP contribution < -0.4 is 24.4 Å². The van der Waals surface area contributed by atoms with Gasteiger partial charge in [-0.3, -0.25) is 9.59 Å². The first-order valence-corrected chi connectivity index (χ1v) is 11.3. The molecule has 8 heteroatoms. The molecular weight excluding hydrogens is 456 g/mol. The molecule has 3 aromatic rings. The quantitative estimate of drug-likeness (QED) is 0.487. The number of nitrogens with one attached hydrogen (secondary N) is 1. The molecule has 1 aliphatic heterocycles. The molecule has 7 nitrogen and oxygen atoms in total. The van der Waals surface area contributed by atoms with Gasteiger partial charge < -0.3 is 24.4 Å². The van der Waals surface area contributed by atoms with Crippen LogP contribution in [-0.2, 0) is 16.1 Å². The lowest BCUT2D eigenvalue weighted by Crippen LogP contribution is -2.44. The van der Waals surface area contributed by atoms with Gasteiger partial charge in [-0.2, -0.15) is 0 Å². The molecule has 34 heavy (non-hydrogen) atoms. The Morgan fingerprint density at radius 2 is 1.71 bits per heavy atom. The number of hydrogen-bond donors (Lipinski definition) is 1. The summed E-state index contributed by atoms with van der Waals surface area (Å²) in [5.74, 6) is 1.39. The number of amides is 2. The number of benzene rings is 3. The van der Waals surface area contributed by atoms with Crippen molar-refractivity contribution in [3.05, 3.63) is 77.3 Å². The number of rotatable bonds is 8. The molecule has 4 rings (SSSR count). The fourth-order valence-corrected chi connectivity index (χ4v) is 3.69. The number of hydrogen-bond acceptors (Lipinski definition) is 5. The Hall–Kier alpha value is -3.71. The predicted octanol–water partition coefficient (Wildman–Crippen LogP) is 5.07. The average molecular weight is 481 g/mol. The number of carbonyl (C=O) groups is 2. The van der Waals surface area contributed by atoms with E-state index in [0.717, 1.165) is 11.3 Å². The lowest BCUT2D eigenvalue weighted by molar-refractivity contribution is -0.125. The van der Waals surface area contributed by atoms with Crippen molar-refractivity contribution in [2.45, 2.75) is 26.5 Å². The van der Waals surface area contributed by atoms with E-state index < -0.39 is 6.10 Å². The molecule has 0 fully saturated rings. The third kappa shape index (κ3) is 5.61. The largest absolute Gasteiger partial charge is 0.494 e. The van der Waals surface area contributed by atoms with E-state index in [0.29, 0.717) is 41.0 Å². The van der Waals surface area contributed by atoms with Gasteiger partial charge >= 0.3 is 0 Å². The monoisotopic (exact) mass is 480 g/mol. The Morgan fingerprint density at radius 3 is 2.38 bits per heavy atom. The topological polar surface area (TPSA) is 77.1 Å². The molecule has 0 spiro atoms. The van der Waals surface area contributed by atoms with Crippen LogP contribution in [0.3, 0.4) is 0 Å². The average Bonchev–Trinajstić information content (AvgIpc) is 2.83. The van der Waals surface area contributed by atoms with E-state index in [2.05, 4.69) is 5.32 Å². The van der Waals surface area contributed by atoms with Crippen LogP contribution in [0.2, 0.25) is 5.02 Å². The molecule has 176 valence electrons. The second-order valence-electron chi connectivity index (χ2n) is 7.73. The third-order valence-electron chi connectivity index (χ3n) is 5.21. The molecule has 1 unspecified atom stereocenters. The van der Waals surface area contributed by atoms with E-state index in [-0.39, 0.29) is 18.4 Å². The summed E-state index contributed by atoms with van der Waals surface area (Å²) in [5, 5.41) is 3.44. The van der Waals surface area contributed by atoms with Crippen LogP contribution in [0.25, 0.3) is 0 Å². The number of fused-ring (bicyclic) bond motifs is 1. The first kappa shape index (κ1) is 23.4. The van der Waals surface area contributed by atoms with Gasteiger partial charge in [0.05, 0.1) is 18.8 Å². The molecule has 2 amide bonds. The molecule has 0 radical (unpaired) electrons. The van der Waals surface area contributed by atoms with Crippen LogP contribution in [0.4, 0.5) is 11.4 Å². The standard InChI is InChI=1S/C26H25ClN2O5/c1-3-32-21-9-11-22(12-10-21)33-16-25(30)28-20-8-13-24-23(14-20)29(26(31)17(2)34-24)15-18-4-6-19(27)7-5-18/h4-14,17H,3,15-16H2,1-2H3,(H,28,30). The molecule has 0 aromatic heterocycles. The molecule has 0 saturated heterocycles. The van der Waals surface area contributed by atoms with Crippen LogP contribution in [-0.4, -0.2) is 31.1 Å². The Balaban J connectivity index is 1.44. The number of nitrogens with zero attached hydrogens (tertiary/aromatic N) is 1. The van der Waals surface area contributed by atoms with Gasteiger partial charge in [0, 0.05) is 10.7 Å². The SMILES string of the molecule is CCOc1ccc(OCC(=O)Nc2ccc3c(c2)N(Cc2ccc(Cl)cc2)C(=O)C(C)O3)cc1. The summed E-state index contributed by atoms with van der Waals surface area (Å²) < 4.78 is 16.7. The zero-order valence-corrected chi connectivity index (χ0v) is 19.7. The third-order valence-corrected chi connectivity index (χ3v) is 5.46. The summed E-state index contributed by atoms with van der Waals surface area (Å²) in [7, 11) is 0. The zero-order chi connectivity index (χ0) is 24.1. The highest BCUT2D eigenvalue weighted by atomic mass is 35.5. The van der Waals surface area contributed by atoms with E-state index in [1.54, 1.807) is 66.4 Å². The van der Waals surface area contributed by atoms with Gasteiger partial charge in [-0.05, 0) is 74.0 Å². The Labute approximate surface area is 203 Å². The van der Waals surface area contributed by atoms with Crippen molar-refractivity contribution in [2.75, 3.05) is 23.4 Å². The fourth-order valence-electron chi connectivity index (χ4n) is 3.56. The minimum atomic E-state index is -0.609. The molecule has 0 saturated carbocycles. The highest BCUT2D eigenvalue weighted by Crippen LogP contribution is 2.37.